The van der Waals surface area contributed by atoms with Crippen LogP contribution < -0.4 is 10.6 Å². The molecule has 0 unspecified atom stereocenters. The van der Waals surface area contributed by atoms with Gasteiger partial charge in [-0.1, -0.05) is 13.8 Å². The molecule has 0 fully saturated rings. The topological polar surface area (TPSA) is 50.4 Å². The normalized spacial score (nSPS) is 11.9. The lowest BCUT2D eigenvalue weighted by molar-refractivity contribution is -0.121. The summed E-state index contributed by atoms with van der Waals surface area (Å²) in [6, 6.07) is 0. The van der Waals surface area contributed by atoms with Crippen molar-refractivity contribution >= 4 is 5.91 Å². The molecule has 0 aromatic carbocycles. The Morgan fingerprint density at radius 3 is 2.44 bits per heavy atom. The van der Waals surface area contributed by atoms with Gasteiger partial charge in [0.25, 0.3) is 0 Å². The van der Waals surface area contributed by atoms with Crippen LogP contribution in [0.3, 0.4) is 0 Å². The zero-order valence-electron chi connectivity index (χ0n) is 11.2. The molecule has 0 aliphatic rings. The number of carbonyl (C=O) groups excluding carboxylic acids is 1. The predicted molar refractivity (Wildman–Crippen MR) is 66.4 cm³/mol. The fraction of sp³-hybridized carbons (Fsp3) is 0.917. The molecule has 0 saturated carbocycles. The summed E-state index contributed by atoms with van der Waals surface area (Å²) in [5.41, 5.74) is -0.160. The Bertz CT molecular complexity index is 198. The molecule has 0 aliphatic carbocycles. The quantitative estimate of drug-likeness (QED) is 0.645. The van der Waals surface area contributed by atoms with E-state index in [2.05, 4.69) is 24.5 Å². The van der Waals surface area contributed by atoms with Crippen LogP contribution in [0.4, 0.5) is 0 Å². The summed E-state index contributed by atoms with van der Waals surface area (Å²) < 4.78 is 5.38. The summed E-state index contributed by atoms with van der Waals surface area (Å²) >= 11 is 0. The summed E-state index contributed by atoms with van der Waals surface area (Å²) in [4.78, 5) is 11.4. The second-order valence-corrected chi connectivity index (χ2v) is 5.44. The van der Waals surface area contributed by atoms with Crippen molar-refractivity contribution in [3.63, 3.8) is 0 Å². The van der Waals surface area contributed by atoms with Crippen molar-refractivity contribution in [3.8, 4) is 0 Å². The van der Waals surface area contributed by atoms with E-state index in [0.29, 0.717) is 25.6 Å². The molecule has 0 radical (unpaired) electrons. The van der Waals surface area contributed by atoms with Gasteiger partial charge in [-0.15, -0.1) is 0 Å². The summed E-state index contributed by atoms with van der Waals surface area (Å²) in [7, 11) is 0. The third-order valence-corrected chi connectivity index (χ3v) is 1.67. The van der Waals surface area contributed by atoms with Crippen molar-refractivity contribution in [2.45, 2.75) is 40.2 Å². The minimum atomic E-state index is -0.160. The molecular weight excluding hydrogens is 204 g/mol. The maximum atomic E-state index is 11.4. The minimum absolute atomic E-state index is 0.0244. The maximum Gasteiger partial charge on any atom is 0.234 e. The highest BCUT2D eigenvalue weighted by atomic mass is 16.5. The molecule has 0 spiro atoms. The average molecular weight is 230 g/mol. The highest BCUT2D eigenvalue weighted by Crippen LogP contribution is 1.97. The van der Waals surface area contributed by atoms with E-state index in [1.807, 2.05) is 20.8 Å². The van der Waals surface area contributed by atoms with Crippen LogP contribution in [0.2, 0.25) is 0 Å². The van der Waals surface area contributed by atoms with Gasteiger partial charge in [0.05, 0.1) is 13.2 Å². The van der Waals surface area contributed by atoms with Crippen molar-refractivity contribution < 1.29 is 9.53 Å². The minimum Gasteiger partial charge on any atom is -0.380 e. The lowest BCUT2D eigenvalue weighted by Gasteiger charge is -2.20. The first-order valence-corrected chi connectivity index (χ1v) is 5.91. The number of amides is 1. The zero-order chi connectivity index (χ0) is 12.6. The van der Waals surface area contributed by atoms with Gasteiger partial charge in [-0.25, -0.2) is 0 Å². The number of carbonyl (C=O) groups is 1. The lowest BCUT2D eigenvalue weighted by Crippen LogP contribution is -2.45. The van der Waals surface area contributed by atoms with Gasteiger partial charge in [0.1, 0.15) is 0 Å². The van der Waals surface area contributed by atoms with Crippen molar-refractivity contribution in [3.05, 3.63) is 0 Å². The monoisotopic (exact) mass is 230 g/mol. The predicted octanol–water partition coefficient (Wildman–Crippen LogP) is 1.16. The van der Waals surface area contributed by atoms with E-state index in [0.717, 1.165) is 6.61 Å². The van der Waals surface area contributed by atoms with Crippen LogP contribution in [0.15, 0.2) is 0 Å². The maximum absolute atomic E-state index is 11.4. The number of rotatable bonds is 7. The first kappa shape index (κ1) is 15.4. The van der Waals surface area contributed by atoms with Gasteiger partial charge in [0.2, 0.25) is 5.91 Å². The Morgan fingerprint density at radius 2 is 1.94 bits per heavy atom. The molecule has 1 amide bonds. The number of hydrogen-bond donors (Lipinski definition) is 2. The van der Waals surface area contributed by atoms with Gasteiger partial charge < -0.3 is 15.4 Å². The van der Waals surface area contributed by atoms with E-state index in [1.165, 1.54) is 0 Å². The third kappa shape index (κ3) is 11.5. The van der Waals surface area contributed by atoms with Crippen LogP contribution in [0.5, 0.6) is 0 Å². The summed E-state index contributed by atoms with van der Waals surface area (Å²) in [6.45, 7) is 12.6. The standard InChI is InChI=1S/C12H26N2O2/c1-10(2)9-16-7-6-13-8-11(15)14-12(3,4)5/h10,13H,6-9H2,1-5H3,(H,14,15). The SMILES string of the molecule is CC(C)COCCNCC(=O)NC(C)(C)C. The molecule has 0 saturated heterocycles. The third-order valence-electron chi connectivity index (χ3n) is 1.67. The van der Waals surface area contributed by atoms with Crippen LogP contribution in [0, 0.1) is 5.92 Å². The largest absolute Gasteiger partial charge is 0.380 e. The Balaban J connectivity index is 3.35. The van der Waals surface area contributed by atoms with Crippen molar-refractivity contribution in [2.75, 3.05) is 26.3 Å². The number of nitrogens with one attached hydrogen (secondary N) is 2. The zero-order valence-corrected chi connectivity index (χ0v) is 11.2. The van der Waals surface area contributed by atoms with Crippen molar-refractivity contribution in [2.24, 2.45) is 5.92 Å². The van der Waals surface area contributed by atoms with Gasteiger partial charge in [-0.05, 0) is 26.7 Å². The average Bonchev–Trinajstić information content (AvgIpc) is 2.07. The summed E-state index contributed by atoms with van der Waals surface area (Å²) in [6.07, 6.45) is 0. The smallest absolute Gasteiger partial charge is 0.234 e. The first-order chi connectivity index (χ1) is 7.31. The Morgan fingerprint density at radius 1 is 1.31 bits per heavy atom. The molecule has 0 aromatic rings. The van der Waals surface area contributed by atoms with Crippen LogP contribution >= 0.6 is 0 Å². The van der Waals surface area contributed by atoms with E-state index >= 15 is 0 Å². The Labute approximate surface area is 99.1 Å². The molecular formula is C12H26N2O2. The van der Waals surface area contributed by atoms with Crippen LogP contribution in [0.1, 0.15) is 34.6 Å². The van der Waals surface area contributed by atoms with Crippen LogP contribution in [0.25, 0.3) is 0 Å². The molecule has 0 atom stereocenters. The van der Waals surface area contributed by atoms with E-state index in [-0.39, 0.29) is 11.4 Å². The van der Waals surface area contributed by atoms with Gasteiger partial charge in [0, 0.05) is 18.7 Å². The molecule has 4 heteroatoms. The van der Waals surface area contributed by atoms with Crippen molar-refractivity contribution in [1.29, 1.82) is 0 Å². The Kier molecular flexibility index (Phi) is 7.34. The second kappa shape index (κ2) is 7.63. The Hall–Kier alpha value is -0.610. The van der Waals surface area contributed by atoms with Gasteiger partial charge >= 0.3 is 0 Å². The molecule has 0 aliphatic heterocycles. The molecule has 0 heterocycles. The van der Waals surface area contributed by atoms with Crippen LogP contribution in [-0.4, -0.2) is 37.7 Å². The highest BCUT2D eigenvalue weighted by molar-refractivity contribution is 5.78. The number of ether oxygens (including phenoxy) is 1. The highest BCUT2D eigenvalue weighted by Gasteiger charge is 2.12. The van der Waals surface area contributed by atoms with E-state index < -0.39 is 0 Å². The fourth-order valence-electron chi connectivity index (χ4n) is 1.13. The molecule has 0 bridgehead atoms. The first-order valence-electron chi connectivity index (χ1n) is 5.91. The summed E-state index contributed by atoms with van der Waals surface area (Å²) in [5, 5.41) is 5.93. The van der Waals surface area contributed by atoms with Gasteiger partial charge in [-0.2, -0.15) is 0 Å². The van der Waals surface area contributed by atoms with Crippen LogP contribution in [-0.2, 0) is 9.53 Å². The molecule has 4 nitrogen and oxygen atoms in total. The van der Waals surface area contributed by atoms with E-state index in [1.54, 1.807) is 0 Å². The molecule has 0 rings (SSSR count). The van der Waals surface area contributed by atoms with E-state index in [4.69, 9.17) is 4.74 Å². The van der Waals surface area contributed by atoms with Crippen molar-refractivity contribution in [1.82, 2.24) is 10.6 Å². The van der Waals surface area contributed by atoms with E-state index in [9.17, 15) is 4.79 Å². The second-order valence-electron chi connectivity index (χ2n) is 5.44. The number of hydrogen-bond acceptors (Lipinski definition) is 3. The van der Waals surface area contributed by atoms with Gasteiger partial charge in [-0.3, -0.25) is 4.79 Å². The lowest BCUT2D eigenvalue weighted by atomic mass is 10.1. The van der Waals surface area contributed by atoms with Gasteiger partial charge in [0.15, 0.2) is 0 Å². The molecule has 16 heavy (non-hydrogen) atoms. The summed E-state index contributed by atoms with van der Waals surface area (Å²) in [5.74, 6) is 0.584. The molecule has 2 N–H and O–H groups in total. The molecule has 0 aromatic heterocycles. The fourth-order valence-corrected chi connectivity index (χ4v) is 1.13. The molecule has 96 valence electrons.